The van der Waals surface area contributed by atoms with Gasteiger partial charge in [0.15, 0.2) is 5.69 Å². The number of nitrogens with one attached hydrogen (secondary N) is 2. The number of rotatable bonds is 1. The lowest BCUT2D eigenvalue weighted by Gasteiger charge is -2.36. The van der Waals surface area contributed by atoms with Crippen molar-refractivity contribution in [3.05, 3.63) is 17.5 Å². The summed E-state index contributed by atoms with van der Waals surface area (Å²) in [5.74, 6) is 0. The summed E-state index contributed by atoms with van der Waals surface area (Å²) in [7, 11) is 0. The minimum Gasteiger partial charge on any atom is -0.444 e. The van der Waals surface area contributed by atoms with E-state index in [2.05, 4.69) is 15.5 Å². The Morgan fingerprint density at radius 3 is 2.64 bits per heavy atom. The van der Waals surface area contributed by atoms with Crippen molar-refractivity contribution in [1.29, 1.82) is 0 Å². The molecule has 2 N–H and O–H groups in total. The fourth-order valence-corrected chi connectivity index (χ4v) is 2.17. The van der Waals surface area contributed by atoms with Gasteiger partial charge in [-0.3, -0.25) is 10.00 Å². The minimum absolute atomic E-state index is 0.227. The maximum atomic E-state index is 12.6. The second kappa shape index (κ2) is 5.79. The number of piperazine rings is 1. The summed E-state index contributed by atoms with van der Waals surface area (Å²) in [6.07, 6.45) is -5.07. The molecule has 0 spiro atoms. The average molecular weight is 320 g/mol. The Morgan fingerprint density at radius 1 is 1.41 bits per heavy atom. The van der Waals surface area contributed by atoms with Crippen LogP contribution in [0.1, 0.15) is 38.2 Å². The molecule has 6 nitrogen and oxygen atoms in total. The molecule has 0 aromatic carbocycles. The van der Waals surface area contributed by atoms with Crippen molar-refractivity contribution in [3.63, 3.8) is 0 Å². The van der Waals surface area contributed by atoms with Crippen molar-refractivity contribution in [1.82, 2.24) is 20.4 Å². The maximum Gasteiger partial charge on any atom is 0.435 e. The van der Waals surface area contributed by atoms with Gasteiger partial charge in [-0.05, 0) is 26.8 Å². The second-order valence-corrected chi connectivity index (χ2v) is 6.10. The smallest absolute Gasteiger partial charge is 0.435 e. The molecule has 1 unspecified atom stereocenters. The lowest BCUT2D eigenvalue weighted by atomic mass is 10.1. The minimum atomic E-state index is -4.52. The van der Waals surface area contributed by atoms with Crippen molar-refractivity contribution in [2.24, 2.45) is 0 Å². The van der Waals surface area contributed by atoms with E-state index in [1.165, 1.54) is 4.90 Å². The van der Waals surface area contributed by atoms with Gasteiger partial charge in [0.2, 0.25) is 0 Å². The Kier molecular flexibility index (Phi) is 4.37. The Hall–Kier alpha value is -1.77. The third kappa shape index (κ3) is 3.90. The van der Waals surface area contributed by atoms with Crippen LogP contribution in [0.2, 0.25) is 0 Å². The number of alkyl halides is 3. The highest BCUT2D eigenvalue weighted by atomic mass is 19.4. The maximum absolute atomic E-state index is 12.6. The first-order chi connectivity index (χ1) is 10.1. The number of hydrogen-bond acceptors (Lipinski definition) is 4. The fraction of sp³-hybridized carbons (Fsp3) is 0.692. The molecule has 1 saturated heterocycles. The van der Waals surface area contributed by atoms with Crippen LogP contribution < -0.4 is 5.32 Å². The zero-order chi connectivity index (χ0) is 16.5. The van der Waals surface area contributed by atoms with Crippen molar-refractivity contribution >= 4 is 6.09 Å². The molecule has 1 aliphatic heterocycles. The number of nitrogens with zero attached hydrogens (tertiary/aromatic N) is 2. The van der Waals surface area contributed by atoms with Gasteiger partial charge in [0.05, 0.1) is 11.7 Å². The molecule has 2 heterocycles. The van der Waals surface area contributed by atoms with Gasteiger partial charge in [-0.2, -0.15) is 18.3 Å². The Balaban J connectivity index is 2.19. The number of aromatic amines is 1. The number of aromatic nitrogens is 2. The molecular weight excluding hydrogens is 301 g/mol. The summed E-state index contributed by atoms with van der Waals surface area (Å²) < 4.78 is 43.2. The summed E-state index contributed by atoms with van der Waals surface area (Å²) in [6.45, 7) is 6.44. The summed E-state index contributed by atoms with van der Waals surface area (Å²) in [4.78, 5) is 13.6. The molecule has 1 fully saturated rings. The van der Waals surface area contributed by atoms with Gasteiger partial charge in [0.25, 0.3) is 0 Å². The number of carbonyl (C=O) groups is 1. The van der Waals surface area contributed by atoms with Crippen LogP contribution in [0.25, 0.3) is 0 Å². The summed E-state index contributed by atoms with van der Waals surface area (Å²) in [5, 5.41) is 8.70. The molecule has 1 aromatic rings. The molecule has 0 saturated carbocycles. The van der Waals surface area contributed by atoms with Crippen LogP contribution in [0.3, 0.4) is 0 Å². The lowest BCUT2D eigenvalue weighted by molar-refractivity contribution is -0.141. The average Bonchev–Trinajstić information content (AvgIpc) is 2.86. The standard InChI is InChI=1S/C13H19F3N4O2/c1-12(2,3)22-11(21)20-5-4-17-7-9(20)8-6-10(19-18-8)13(14,15)16/h6,9,17H,4-5,7H2,1-3H3,(H,18,19). The van der Waals surface area contributed by atoms with Crippen LogP contribution in [0.4, 0.5) is 18.0 Å². The Bertz CT molecular complexity index is 536. The summed E-state index contributed by atoms with van der Waals surface area (Å²) >= 11 is 0. The van der Waals surface area contributed by atoms with E-state index in [1.807, 2.05) is 0 Å². The van der Waals surface area contributed by atoms with Crippen LogP contribution in [-0.2, 0) is 10.9 Å². The van der Waals surface area contributed by atoms with E-state index in [9.17, 15) is 18.0 Å². The first kappa shape index (κ1) is 16.6. The third-order valence-electron chi connectivity index (χ3n) is 3.12. The van der Waals surface area contributed by atoms with Crippen molar-refractivity contribution in [2.75, 3.05) is 19.6 Å². The normalized spacial score (nSPS) is 20.1. The van der Waals surface area contributed by atoms with E-state index in [0.29, 0.717) is 19.6 Å². The molecule has 1 aliphatic rings. The van der Waals surface area contributed by atoms with E-state index >= 15 is 0 Å². The van der Waals surface area contributed by atoms with Crippen molar-refractivity contribution < 1.29 is 22.7 Å². The highest BCUT2D eigenvalue weighted by Crippen LogP contribution is 2.31. The van der Waals surface area contributed by atoms with Gasteiger partial charge in [-0.1, -0.05) is 0 Å². The van der Waals surface area contributed by atoms with Gasteiger partial charge < -0.3 is 10.1 Å². The van der Waals surface area contributed by atoms with Gasteiger partial charge >= 0.3 is 12.3 Å². The first-order valence-corrected chi connectivity index (χ1v) is 6.91. The molecule has 2 rings (SSSR count). The molecule has 0 aliphatic carbocycles. The summed E-state index contributed by atoms with van der Waals surface area (Å²) in [5.41, 5.74) is -1.44. The zero-order valence-corrected chi connectivity index (χ0v) is 12.6. The van der Waals surface area contributed by atoms with Crippen molar-refractivity contribution in [2.45, 2.75) is 38.6 Å². The Morgan fingerprint density at radius 2 is 2.09 bits per heavy atom. The lowest BCUT2D eigenvalue weighted by Crippen LogP contribution is -2.50. The number of hydrogen-bond donors (Lipinski definition) is 2. The molecule has 1 aromatic heterocycles. The van der Waals surface area contributed by atoms with E-state index in [0.717, 1.165) is 6.07 Å². The second-order valence-electron chi connectivity index (χ2n) is 6.10. The van der Waals surface area contributed by atoms with Gasteiger partial charge in [0.1, 0.15) is 5.60 Å². The number of ether oxygens (including phenoxy) is 1. The summed E-state index contributed by atoms with van der Waals surface area (Å²) in [6, 6.07) is 0.349. The molecule has 1 amide bonds. The van der Waals surface area contributed by atoms with Crippen LogP contribution in [0.5, 0.6) is 0 Å². The van der Waals surface area contributed by atoms with Crippen LogP contribution >= 0.6 is 0 Å². The number of carbonyl (C=O) groups excluding carboxylic acids is 1. The van der Waals surface area contributed by atoms with E-state index in [1.54, 1.807) is 20.8 Å². The molecule has 124 valence electrons. The highest BCUT2D eigenvalue weighted by molar-refractivity contribution is 5.69. The third-order valence-corrected chi connectivity index (χ3v) is 3.12. The molecular formula is C13H19F3N4O2. The van der Waals surface area contributed by atoms with E-state index in [-0.39, 0.29) is 5.69 Å². The molecule has 0 radical (unpaired) electrons. The van der Waals surface area contributed by atoms with Gasteiger partial charge in [-0.15, -0.1) is 0 Å². The van der Waals surface area contributed by atoms with Crippen molar-refractivity contribution in [3.8, 4) is 0 Å². The topological polar surface area (TPSA) is 70.2 Å². The zero-order valence-electron chi connectivity index (χ0n) is 12.6. The predicted molar refractivity (Wildman–Crippen MR) is 72.1 cm³/mol. The quantitative estimate of drug-likeness (QED) is 0.833. The molecule has 0 bridgehead atoms. The Labute approximate surface area is 126 Å². The highest BCUT2D eigenvalue weighted by Gasteiger charge is 2.37. The SMILES string of the molecule is CC(C)(C)OC(=O)N1CCNCC1c1cc(C(F)(F)F)n[nH]1. The predicted octanol–water partition coefficient (Wildman–Crippen LogP) is 2.31. The largest absolute Gasteiger partial charge is 0.444 e. The molecule has 22 heavy (non-hydrogen) atoms. The van der Waals surface area contributed by atoms with Crippen LogP contribution in [0.15, 0.2) is 6.07 Å². The number of amides is 1. The number of H-pyrrole nitrogens is 1. The fourth-order valence-electron chi connectivity index (χ4n) is 2.17. The molecule has 9 heteroatoms. The molecule has 1 atom stereocenters. The van der Waals surface area contributed by atoms with Gasteiger partial charge in [-0.25, -0.2) is 4.79 Å². The first-order valence-electron chi connectivity index (χ1n) is 6.91. The van der Waals surface area contributed by atoms with Crippen LogP contribution in [-0.4, -0.2) is 46.4 Å². The van der Waals surface area contributed by atoms with Gasteiger partial charge in [0, 0.05) is 19.6 Å². The van der Waals surface area contributed by atoms with E-state index in [4.69, 9.17) is 4.74 Å². The van der Waals surface area contributed by atoms with Crippen LogP contribution in [0, 0.1) is 0 Å². The monoisotopic (exact) mass is 320 g/mol. The number of halogens is 3. The van der Waals surface area contributed by atoms with E-state index < -0.39 is 29.6 Å².